The Kier molecular flexibility index (Phi) is 9.79. The number of hydrogen-bond donors (Lipinski definition) is 1. The molecule has 0 fully saturated rings. The molecule has 0 unspecified atom stereocenters. The van der Waals surface area contributed by atoms with Crippen molar-refractivity contribution in [2.24, 2.45) is 0 Å². The van der Waals surface area contributed by atoms with E-state index in [2.05, 4.69) is 21.2 Å². The van der Waals surface area contributed by atoms with Gasteiger partial charge in [0.15, 0.2) is 0 Å². The van der Waals surface area contributed by atoms with Gasteiger partial charge in [0.05, 0.1) is 17.7 Å². The van der Waals surface area contributed by atoms with Gasteiger partial charge in [-0.25, -0.2) is 8.42 Å². The largest absolute Gasteiger partial charge is 0.497 e. The van der Waals surface area contributed by atoms with Crippen LogP contribution in [0.15, 0.2) is 88.2 Å². The predicted octanol–water partition coefficient (Wildman–Crippen LogP) is 4.99. The van der Waals surface area contributed by atoms with Gasteiger partial charge in [0.25, 0.3) is 10.0 Å². The minimum Gasteiger partial charge on any atom is -0.497 e. The Labute approximate surface area is 239 Å². The molecule has 2 amide bonds. The molecule has 0 spiro atoms. The molecule has 208 valence electrons. The molecular formula is C29H34BrN3O5S. The van der Waals surface area contributed by atoms with E-state index in [0.717, 1.165) is 14.3 Å². The van der Waals surface area contributed by atoms with E-state index in [4.69, 9.17) is 4.74 Å². The summed E-state index contributed by atoms with van der Waals surface area (Å²) >= 11 is 3.45. The molecule has 0 heterocycles. The molecule has 0 aromatic heterocycles. The first-order valence-electron chi connectivity index (χ1n) is 12.4. The molecule has 0 aliphatic carbocycles. The monoisotopic (exact) mass is 615 g/mol. The molecule has 0 aliphatic rings. The second-order valence-electron chi connectivity index (χ2n) is 10.1. The number of ether oxygens (including phenoxy) is 1. The number of benzene rings is 3. The van der Waals surface area contributed by atoms with Gasteiger partial charge >= 0.3 is 0 Å². The van der Waals surface area contributed by atoms with Gasteiger partial charge < -0.3 is 15.0 Å². The highest BCUT2D eigenvalue weighted by Crippen LogP contribution is 2.26. The van der Waals surface area contributed by atoms with Crippen molar-refractivity contribution >= 4 is 43.5 Å². The van der Waals surface area contributed by atoms with Crippen molar-refractivity contribution in [3.8, 4) is 5.75 Å². The standard InChI is InChI=1S/C29H34BrN3O5S/c1-21(28(35)31-29(2,3)4)32(19-22-10-9-11-23(30)18-22)27(34)20-33(24-14-16-25(38-5)17-15-24)39(36,37)26-12-7-6-8-13-26/h6-18,21H,19-20H2,1-5H3,(H,31,35)/t21-/m0/s1. The van der Waals surface area contributed by atoms with Crippen LogP contribution in [0.2, 0.25) is 0 Å². The van der Waals surface area contributed by atoms with Crippen LogP contribution in [0, 0.1) is 0 Å². The van der Waals surface area contributed by atoms with Gasteiger partial charge in [0, 0.05) is 16.6 Å². The number of amides is 2. The lowest BCUT2D eigenvalue weighted by Gasteiger charge is -2.33. The normalized spacial score (nSPS) is 12.4. The Hall–Kier alpha value is -3.37. The zero-order valence-electron chi connectivity index (χ0n) is 22.7. The lowest BCUT2D eigenvalue weighted by Crippen LogP contribution is -2.54. The number of halogens is 1. The summed E-state index contributed by atoms with van der Waals surface area (Å²) in [6.45, 7) is 6.81. The third-order valence-electron chi connectivity index (χ3n) is 5.88. The van der Waals surface area contributed by atoms with Crippen LogP contribution < -0.4 is 14.4 Å². The number of anilines is 1. The van der Waals surface area contributed by atoms with Crippen molar-refractivity contribution in [3.63, 3.8) is 0 Å². The number of hydrogen-bond acceptors (Lipinski definition) is 5. The highest BCUT2D eigenvalue weighted by atomic mass is 79.9. The number of carbonyl (C=O) groups is 2. The maximum Gasteiger partial charge on any atom is 0.264 e. The number of methoxy groups -OCH3 is 1. The second-order valence-corrected chi connectivity index (χ2v) is 12.9. The predicted molar refractivity (Wildman–Crippen MR) is 156 cm³/mol. The fraction of sp³-hybridized carbons (Fsp3) is 0.310. The minimum atomic E-state index is -4.12. The minimum absolute atomic E-state index is 0.0469. The zero-order valence-corrected chi connectivity index (χ0v) is 25.1. The average molecular weight is 617 g/mol. The van der Waals surface area contributed by atoms with Gasteiger partial charge in [-0.2, -0.15) is 0 Å². The van der Waals surface area contributed by atoms with Crippen LogP contribution in [-0.2, 0) is 26.2 Å². The molecule has 3 rings (SSSR count). The smallest absolute Gasteiger partial charge is 0.264 e. The maximum atomic E-state index is 13.9. The zero-order chi connectivity index (χ0) is 28.8. The molecule has 10 heteroatoms. The SMILES string of the molecule is COc1ccc(N(CC(=O)N(Cc2cccc(Br)c2)[C@@H](C)C(=O)NC(C)(C)C)S(=O)(=O)c2ccccc2)cc1. The molecule has 1 atom stereocenters. The Morgan fingerprint density at radius 1 is 0.974 bits per heavy atom. The van der Waals surface area contributed by atoms with Crippen LogP contribution in [0.4, 0.5) is 5.69 Å². The molecule has 0 saturated carbocycles. The Bertz CT molecular complexity index is 1390. The first kappa shape index (κ1) is 30.2. The van der Waals surface area contributed by atoms with Gasteiger partial charge in [-0.1, -0.05) is 46.3 Å². The van der Waals surface area contributed by atoms with E-state index in [1.807, 2.05) is 45.0 Å². The highest BCUT2D eigenvalue weighted by Gasteiger charge is 2.33. The van der Waals surface area contributed by atoms with Crippen molar-refractivity contribution in [1.82, 2.24) is 10.2 Å². The number of sulfonamides is 1. The molecule has 0 saturated heterocycles. The van der Waals surface area contributed by atoms with Crippen LogP contribution in [-0.4, -0.2) is 50.4 Å². The Balaban J connectivity index is 2.03. The van der Waals surface area contributed by atoms with E-state index in [-0.39, 0.29) is 17.3 Å². The molecule has 1 N–H and O–H groups in total. The Morgan fingerprint density at radius 2 is 1.62 bits per heavy atom. The number of nitrogens with zero attached hydrogens (tertiary/aromatic N) is 2. The number of carbonyl (C=O) groups excluding carboxylic acids is 2. The molecule has 39 heavy (non-hydrogen) atoms. The van der Waals surface area contributed by atoms with Crippen LogP contribution in [0.25, 0.3) is 0 Å². The van der Waals surface area contributed by atoms with E-state index in [9.17, 15) is 18.0 Å². The van der Waals surface area contributed by atoms with Crippen molar-refractivity contribution in [2.45, 2.75) is 50.7 Å². The van der Waals surface area contributed by atoms with E-state index in [0.29, 0.717) is 11.4 Å². The fourth-order valence-electron chi connectivity index (χ4n) is 3.89. The summed E-state index contributed by atoms with van der Waals surface area (Å²) in [6.07, 6.45) is 0. The summed E-state index contributed by atoms with van der Waals surface area (Å²) in [7, 11) is -2.60. The van der Waals surface area contributed by atoms with Crippen molar-refractivity contribution < 1.29 is 22.7 Å². The Morgan fingerprint density at radius 3 is 2.18 bits per heavy atom. The summed E-state index contributed by atoms with van der Waals surface area (Å²) < 4.78 is 34.7. The van der Waals surface area contributed by atoms with Gasteiger partial charge in [-0.3, -0.25) is 13.9 Å². The summed E-state index contributed by atoms with van der Waals surface area (Å²) in [5, 5.41) is 2.92. The van der Waals surface area contributed by atoms with Crippen LogP contribution in [0.5, 0.6) is 5.75 Å². The van der Waals surface area contributed by atoms with Crippen molar-refractivity contribution in [3.05, 3.63) is 88.9 Å². The molecule has 0 radical (unpaired) electrons. The van der Waals surface area contributed by atoms with Crippen LogP contribution in [0.3, 0.4) is 0 Å². The molecule has 8 nitrogen and oxygen atoms in total. The highest BCUT2D eigenvalue weighted by molar-refractivity contribution is 9.10. The van der Waals surface area contributed by atoms with Gasteiger partial charge in [-0.15, -0.1) is 0 Å². The molecular weight excluding hydrogens is 582 g/mol. The third-order valence-corrected chi connectivity index (χ3v) is 8.16. The summed E-state index contributed by atoms with van der Waals surface area (Å²) in [5.41, 5.74) is 0.569. The fourth-order valence-corrected chi connectivity index (χ4v) is 5.77. The van der Waals surface area contributed by atoms with E-state index in [1.54, 1.807) is 49.4 Å². The maximum absolute atomic E-state index is 13.9. The van der Waals surface area contributed by atoms with Crippen LogP contribution in [0.1, 0.15) is 33.3 Å². The van der Waals surface area contributed by atoms with Gasteiger partial charge in [-0.05, 0) is 81.8 Å². The van der Waals surface area contributed by atoms with Crippen molar-refractivity contribution in [2.75, 3.05) is 18.0 Å². The summed E-state index contributed by atoms with van der Waals surface area (Å²) in [6, 6.07) is 20.9. The van der Waals surface area contributed by atoms with Gasteiger partial charge in [0.1, 0.15) is 18.3 Å². The molecule has 3 aromatic rings. The summed E-state index contributed by atoms with van der Waals surface area (Å²) in [5.74, 6) is -0.319. The number of nitrogens with one attached hydrogen (secondary N) is 1. The van der Waals surface area contributed by atoms with Crippen molar-refractivity contribution in [1.29, 1.82) is 0 Å². The second kappa shape index (κ2) is 12.7. The first-order chi connectivity index (χ1) is 18.3. The lowest BCUT2D eigenvalue weighted by molar-refractivity contribution is -0.140. The molecule has 3 aromatic carbocycles. The topological polar surface area (TPSA) is 96.0 Å². The van der Waals surface area contributed by atoms with E-state index in [1.165, 1.54) is 24.1 Å². The lowest BCUT2D eigenvalue weighted by atomic mass is 10.1. The number of rotatable bonds is 10. The molecule has 0 bridgehead atoms. The quantitative estimate of drug-likeness (QED) is 0.347. The van der Waals surface area contributed by atoms with Crippen LogP contribution >= 0.6 is 15.9 Å². The summed E-state index contributed by atoms with van der Waals surface area (Å²) in [4.78, 5) is 28.5. The molecule has 0 aliphatic heterocycles. The van der Waals surface area contributed by atoms with E-state index >= 15 is 0 Å². The third kappa shape index (κ3) is 8.06. The van der Waals surface area contributed by atoms with E-state index < -0.39 is 34.1 Å². The van der Waals surface area contributed by atoms with Gasteiger partial charge in [0.2, 0.25) is 11.8 Å². The first-order valence-corrected chi connectivity index (χ1v) is 14.6. The average Bonchev–Trinajstić information content (AvgIpc) is 2.89.